The number of ether oxygens (including phenoxy) is 1. The monoisotopic (exact) mass is 411 g/mol. The first kappa shape index (κ1) is 21.3. The number of nitro groups is 1. The van der Waals surface area contributed by atoms with Gasteiger partial charge in [0.1, 0.15) is 17.9 Å². The predicted molar refractivity (Wildman–Crippen MR) is 111 cm³/mol. The second kappa shape index (κ2) is 7.78. The van der Waals surface area contributed by atoms with Crippen molar-refractivity contribution in [1.82, 2.24) is 10.2 Å². The van der Waals surface area contributed by atoms with E-state index < -0.39 is 22.4 Å². The van der Waals surface area contributed by atoms with E-state index in [9.17, 15) is 19.7 Å². The van der Waals surface area contributed by atoms with Crippen LogP contribution in [0.3, 0.4) is 0 Å². The summed E-state index contributed by atoms with van der Waals surface area (Å²) in [6.07, 6.45) is 0. The molecule has 3 rings (SSSR count). The Morgan fingerprint density at radius 3 is 2.20 bits per heavy atom. The van der Waals surface area contributed by atoms with Crippen molar-refractivity contribution in [3.8, 4) is 5.75 Å². The fraction of sp³-hybridized carbons (Fsp3) is 0.364. The maximum Gasteiger partial charge on any atom is 0.325 e. The average Bonchev–Trinajstić information content (AvgIpc) is 2.91. The van der Waals surface area contributed by atoms with E-state index >= 15 is 0 Å². The zero-order valence-corrected chi connectivity index (χ0v) is 17.5. The third-order valence-corrected chi connectivity index (χ3v) is 5.23. The number of imide groups is 1. The summed E-state index contributed by atoms with van der Waals surface area (Å²) >= 11 is 0. The van der Waals surface area contributed by atoms with E-state index in [-0.39, 0.29) is 24.3 Å². The molecule has 2 aromatic carbocycles. The number of amides is 3. The van der Waals surface area contributed by atoms with Gasteiger partial charge in [0.05, 0.1) is 11.5 Å². The summed E-state index contributed by atoms with van der Waals surface area (Å²) < 4.78 is 5.70. The van der Waals surface area contributed by atoms with Gasteiger partial charge in [-0.1, -0.05) is 32.9 Å². The van der Waals surface area contributed by atoms with Gasteiger partial charge in [-0.2, -0.15) is 0 Å². The minimum Gasteiger partial charge on any atom is -0.492 e. The van der Waals surface area contributed by atoms with Crippen LogP contribution in [0.2, 0.25) is 0 Å². The lowest BCUT2D eigenvalue weighted by Crippen LogP contribution is -2.41. The van der Waals surface area contributed by atoms with Crippen LogP contribution in [-0.2, 0) is 15.7 Å². The molecule has 1 heterocycles. The van der Waals surface area contributed by atoms with Crippen molar-refractivity contribution in [2.24, 2.45) is 0 Å². The number of urea groups is 1. The molecule has 1 atom stereocenters. The number of nitro benzene ring substituents is 1. The largest absolute Gasteiger partial charge is 0.492 e. The summed E-state index contributed by atoms with van der Waals surface area (Å²) in [5.41, 5.74) is 0.346. The number of carbonyl (C=O) groups excluding carboxylic acids is 2. The smallest absolute Gasteiger partial charge is 0.325 e. The molecule has 1 fully saturated rings. The third kappa shape index (κ3) is 4.12. The maximum atomic E-state index is 12.9. The Morgan fingerprint density at radius 1 is 1.07 bits per heavy atom. The van der Waals surface area contributed by atoms with Crippen molar-refractivity contribution in [2.45, 2.75) is 38.6 Å². The molecule has 2 aromatic rings. The van der Waals surface area contributed by atoms with Gasteiger partial charge in [-0.3, -0.25) is 19.8 Å². The second-order valence-corrected chi connectivity index (χ2v) is 8.44. The highest BCUT2D eigenvalue weighted by Gasteiger charge is 2.48. The average molecular weight is 411 g/mol. The second-order valence-electron chi connectivity index (χ2n) is 8.44. The molecule has 3 amide bonds. The van der Waals surface area contributed by atoms with Gasteiger partial charge in [0.25, 0.3) is 11.6 Å². The van der Waals surface area contributed by atoms with E-state index in [1.54, 1.807) is 6.92 Å². The molecule has 1 saturated heterocycles. The van der Waals surface area contributed by atoms with Crippen LogP contribution in [0.1, 0.15) is 38.8 Å². The molecule has 1 N–H and O–H groups in total. The molecule has 0 aliphatic carbocycles. The minimum atomic E-state index is -1.28. The highest BCUT2D eigenvalue weighted by atomic mass is 16.6. The molecule has 0 radical (unpaired) electrons. The number of benzene rings is 2. The van der Waals surface area contributed by atoms with Crippen LogP contribution >= 0.6 is 0 Å². The van der Waals surface area contributed by atoms with Gasteiger partial charge in [0, 0.05) is 12.1 Å². The van der Waals surface area contributed by atoms with Gasteiger partial charge in [-0.25, -0.2) is 4.79 Å². The van der Waals surface area contributed by atoms with Crippen LogP contribution in [0.5, 0.6) is 5.75 Å². The standard InChI is InChI=1S/C22H25N3O5/c1-21(2,3)15-7-11-18(12-8-15)30-14-13-24-19(26)22(4,23-20(24)27)16-5-9-17(10-6-16)25(28)29/h5-12H,13-14H2,1-4H3,(H,23,27). The summed E-state index contributed by atoms with van der Waals surface area (Å²) in [5.74, 6) is 0.237. The normalized spacial score (nSPS) is 19.0. The Balaban J connectivity index is 1.64. The van der Waals surface area contributed by atoms with Crippen molar-refractivity contribution in [3.05, 3.63) is 69.8 Å². The highest BCUT2D eigenvalue weighted by Crippen LogP contribution is 2.30. The lowest BCUT2D eigenvalue weighted by Gasteiger charge is -2.22. The zero-order chi connectivity index (χ0) is 22.1. The quantitative estimate of drug-likeness (QED) is 0.443. The Hall–Kier alpha value is -3.42. The third-order valence-electron chi connectivity index (χ3n) is 5.23. The molecule has 0 saturated carbocycles. The van der Waals surface area contributed by atoms with Crippen LogP contribution in [0.4, 0.5) is 10.5 Å². The maximum absolute atomic E-state index is 12.9. The van der Waals surface area contributed by atoms with Gasteiger partial charge in [0.2, 0.25) is 0 Å². The van der Waals surface area contributed by atoms with E-state index in [0.29, 0.717) is 11.3 Å². The van der Waals surface area contributed by atoms with E-state index in [1.807, 2.05) is 24.3 Å². The molecule has 1 aliphatic rings. The number of carbonyl (C=O) groups is 2. The van der Waals surface area contributed by atoms with Crippen molar-refractivity contribution >= 4 is 17.6 Å². The number of hydrogen-bond donors (Lipinski definition) is 1. The zero-order valence-electron chi connectivity index (χ0n) is 17.5. The molecule has 30 heavy (non-hydrogen) atoms. The molecule has 8 nitrogen and oxygen atoms in total. The van der Waals surface area contributed by atoms with E-state index in [2.05, 4.69) is 26.1 Å². The van der Waals surface area contributed by atoms with E-state index in [4.69, 9.17) is 4.74 Å². The molecular formula is C22H25N3O5. The van der Waals surface area contributed by atoms with Crippen LogP contribution in [0.15, 0.2) is 48.5 Å². The van der Waals surface area contributed by atoms with Crippen LogP contribution < -0.4 is 10.1 Å². The highest BCUT2D eigenvalue weighted by molar-refractivity contribution is 6.07. The Labute approximate surface area is 175 Å². The number of nitrogens with zero attached hydrogens (tertiary/aromatic N) is 2. The Bertz CT molecular complexity index is 964. The molecule has 0 aromatic heterocycles. The van der Waals surface area contributed by atoms with Crippen molar-refractivity contribution in [3.63, 3.8) is 0 Å². The fourth-order valence-electron chi connectivity index (χ4n) is 3.32. The first-order valence-corrected chi connectivity index (χ1v) is 9.65. The predicted octanol–water partition coefficient (Wildman–Crippen LogP) is 3.74. The van der Waals surface area contributed by atoms with Crippen LogP contribution in [-0.4, -0.2) is 34.9 Å². The van der Waals surface area contributed by atoms with E-state index in [0.717, 1.165) is 4.90 Å². The first-order chi connectivity index (χ1) is 14.0. The SMILES string of the molecule is CC(C)(C)c1ccc(OCCN2C(=O)NC(C)(c3ccc([N+](=O)[O-])cc3)C2=O)cc1. The minimum absolute atomic E-state index is 0.0426. The van der Waals surface area contributed by atoms with Gasteiger partial charge in [0.15, 0.2) is 0 Å². The number of nitrogens with one attached hydrogen (secondary N) is 1. The molecule has 1 aliphatic heterocycles. The van der Waals surface area contributed by atoms with Crippen LogP contribution in [0.25, 0.3) is 0 Å². The summed E-state index contributed by atoms with van der Waals surface area (Å²) in [7, 11) is 0. The molecule has 0 spiro atoms. The lowest BCUT2D eigenvalue weighted by atomic mass is 9.87. The fourth-order valence-corrected chi connectivity index (χ4v) is 3.32. The van der Waals surface area contributed by atoms with Crippen molar-refractivity contribution in [2.75, 3.05) is 13.2 Å². The Morgan fingerprint density at radius 2 is 1.67 bits per heavy atom. The summed E-state index contributed by atoms with van der Waals surface area (Å²) in [6.45, 7) is 8.21. The van der Waals surface area contributed by atoms with Gasteiger partial charge in [-0.05, 0) is 47.7 Å². The van der Waals surface area contributed by atoms with Gasteiger partial charge < -0.3 is 10.1 Å². The number of hydrogen-bond acceptors (Lipinski definition) is 5. The lowest BCUT2D eigenvalue weighted by molar-refractivity contribution is -0.384. The van der Waals surface area contributed by atoms with Gasteiger partial charge in [-0.15, -0.1) is 0 Å². The molecular weight excluding hydrogens is 386 g/mol. The molecule has 8 heteroatoms. The molecule has 1 unspecified atom stereocenters. The topological polar surface area (TPSA) is 102 Å². The molecule has 158 valence electrons. The molecule has 0 bridgehead atoms. The van der Waals surface area contributed by atoms with Crippen molar-refractivity contribution in [1.29, 1.82) is 0 Å². The summed E-state index contributed by atoms with van der Waals surface area (Å²) in [5, 5.41) is 13.5. The first-order valence-electron chi connectivity index (χ1n) is 9.65. The van der Waals surface area contributed by atoms with E-state index in [1.165, 1.54) is 29.8 Å². The Kier molecular flexibility index (Phi) is 5.52. The summed E-state index contributed by atoms with van der Waals surface area (Å²) in [6, 6.07) is 12.8. The number of rotatable bonds is 6. The number of non-ortho nitro benzene ring substituents is 1. The van der Waals surface area contributed by atoms with Crippen LogP contribution in [0, 0.1) is 10.1 Å². The summed E-state index contributed by atoms with van der Waals surface area (Å²) in [4.78, 5) is 36.7. The van der Waals surface area contributed by atoms with Crippen molar-refractivity contribution < 1.29 is 19.2 Å². The van der Waals surface area contributed by atoms with Gasteiger partial charge >= 0.3 is 6.03 Å².